The molecule has 1 aromatic rings. The van der Waals surface area contributed by atoms with Crippen molar-refractivity contribution in [3.05, 3.63) is 28.3 Å². The summed E-state index contributed by atoms with van der Waals surface area (Å²) >= 11 is 0. The Labute approximate surface area is 113 Å². The molecule has 0 heterocycles. The minimum atomic E-state index is -0.393. The Bertz CT molecular complexity index is 482. The Balaban J connectivity index is 2.19. The fourth-order valence-corrected chi connectivity index (χ4v) is 2.41. The van der Waals surface area contributed by atoms with Crippen LogP contribution in [0.1, 0.15) is 26.7 Å². The van der Waals surface area contributed by atoms with E-state index in [0.717, 1.165) is 6.54 Å². The summed E-state index contributed by atoms with van der Waals surface area (Å²) in [5.41, 5.74) is 0.859. The highest BCUT2D eigenvalue weighted by atomic mass is 16.6. The van der Waals surface area contributed by atoms with E-state index in [2.05, 4.69) is 19.2 Å². The molecule has 2 rings (SSSR count). The highest BCUT2D eigenvalue weighted by Crippen LogP contribution is 2.52. The summed E-state index contributed by atoms with van der Waals surface area (Å²) < 4.78 is 5.06. The van der Waals surface area contributed by atoms with Crippen molar-refractivity contribution >= 4 is 11.4 Å². The lowest BCUT2D eigenvalue weighted by atomic mass is 9.92. The Morgan fingerprint density at radius 1 is 1.47 bits per heavy atom. The van der Waals surface area contributed by atoms with E-state index in [9.17, 15) is 10.1 Å². The van der Waals surface area contributed by atoms with E-state index in [1.807, 2.05) is 0 Å². The maximum absolute atomic E-state index is 11.2. The van der Waals surface area contributed by atoms with Crippen LogP contribution in [-0.2, 0) is 0 Å². The third-order valence-corrected chi connectivity index (χ3v) is 4.15. The summed E-state index contributed by atoms with van der Waals surface area (Å²) in [6.45, 7) is 5.18. The van der Waals surface area contributed by atoms with Crippen LogP contribution in [0.5, 0.6) is 5.75 Å². The van der Waals surface area contributed by atoms with Gasteiger partial charge in [-0.3, -0.25) is 10.1 Å². The average molecular weight is 264 g/mol. The summed E-state index contributed by atoms with van der Waals surface area (Å²) in [4.78, 5) is 10.8. The lowest BCUT2D eigenvalue weighted by molar-refractivity contribution is -0.384. The highest BCUT2D eigenvalue weighted by molar-refractivity contribution is 5.68. The molecule has 104 valence electrons. The minimum Gasteiger partial charge on any atom is -0.490 e. The van der Waals surface area contributed by atoms with Crippen LogP contribution in [0.2, 0.25) is 0 Å². The second kappa shape index (κ2) is 5.07. The van der Waals surface area contributed by atoms with Gasteiger partial charge in [0.2, 0.25) is 0 Å². The Kier molecular flexibility index (Phi) is 3.64. The molecule has 0 aliphatic heterocycles. The SMILES string of the molecule is COc1cccc(NCC2(C(C)C)CC2)c1[N+](=O)[O-]. The number of nitro benzene ring substituents is 1. The average Bonchev–Trinajstić information content (AvgIpc) is 3.16. The van der Waals surface area contributed by atoms with Crippen LogP contribution in [-0.4, -0.2) is 18.6 Å². The number of nitro groups is 1. The van der Waals surface area contributed by atoms with Gasteiger partial charge in [-0.25, -0.2) is 0 Å². The maximum Gasteiger partial charge on any atom is 0.333 e. The fraction of sp³-hybridized carbons (Fsp3) is 0.571. The van der Waals surface area contributed by atoms with E-state index in [4.69, 9.17) is 4.74 Å². The number of rotatable bonds is 6. The molecular formula is C14H20N2O3. The number of anilines is 1. The largest absolute Gasteiger partial charge is 0.490 e. The third kappa shape index (κ3) is 2.64. The molecule has 5 nitrogen and oxygen atoms in total. The van der Waals surface area contributed by atoms with Gasteiger partial charge in [-0.1, -0.05) is 19.9 Å². The zero-order chi connectivity index (χ0) is 14.0. The highest BCUT2D eigenvalue weighted by Gasteiger charge is 2.45. The second-order valence-electron chi connectivity index (χ2n) is 5.48. The zero-order valence-electron chi connectivity index (χ0n) is 11.6. The quantitative estimate of drug-likeness (QED) is 0.631. The fourth-order valence-electron chi connectivity index (χ4n) is 2.41. The van der Waals surface area contributed by atoms with Crippen molar-refractivity contribution in [1.82, 2.24) is 0 Å². The Morgan fingerprint density at radius 2 is 2.16 bits per heavy atom. The molecule has 5 heteroatoms. The van der Waals surface area contributed by atoms with Crippen LogP contribution in [0.3, 0.4) is 0 Å². The summed E-state index contributed by atoms with van der Waals surface area (Å²) in [6, 6.07) is 5.11. The van der Waals surface area contributed by atoms with Crippen molar-refractivity contribution in [2.24, 2.45) is 11.3 Å². The number of benzene rings is 1. The number of hydrogen-bond acceptors (Lipinski definition) is 4. The first-order valence-electron chi connectivity index (χ1n) is 6.55. The predicted octanol–water partition coefficient (Wildman–Crippen LogP) is 3.45. The normalized spacial score (nSPS) is 16.2. The molecule has 1 fully saturated rings. The van der Waals surface area contributed by atoms with Gasteiger partial charge in [0.05, 0.1) is 12.0 Å². The molecule has 0 amide bonds. The standard InChI is InChI=1S/C14H20N2O3/c1-10(2)14(7-8-14)9-15-11-5-4-6-12(19-3)13(11)16(17)18/h4-6,10,15H,7-9H2,1-3H3. The molecule has 1 saturated carbocycles. The van der Waals surface area contributed by atoms with Gasteiger partial charge in [0.1, 0.15) is 5.69 Å². The third-order valence-electron chi connectivity index (χ3n) is 4.15. The van der Waals surface area contributed by atoms with Crippen molar-refractivity contribution in [3.63, 3.8) is 0 Å². The molecule has 0 radical (unpaired) electrons. The van der Waals surface area contributed by atoms with E-state index in [1.54, 1.807) is 18.2 Å². The summed E-state index contributed by atoms with van der Waals surface area (Å²) in [5.74, 6) is 0.883. The summed E-state index contributed by atoms with van der Waals surface area (Å²) in [7, 11) is 1.45. The number of para-hydroxylation sites is 1. The monoisotopic (exact) mass is 264 g/mol. The van der Waals surface area contributed by atoms with Crippen LogP contribution in [0.15, 0.2) is 18.2 Å². The summed E-state index contributed by atoms with van der Waals surface area (Å²) in [6.07, 6.45) is 2.38. The van der Waals surface area contributed by atoms with Gasteiger partial charge >= 0.3 is 5.69 Å². The van der Waals surface area contributed by atoms with Crippen LogP contribution in [0, 0.1) is 21.4 Å². The molecule has 0 aromatic heterocycles. The number of nitrogens with zero attached hydrogens (tertiary/aromatic N) is 1. The van der Waals surface area contributed by atoms with Gasteiger partial charge in [0.25, 0.3) is 0 Å². The first-order valence-corrected chi connectivity index (χ1v) is 6.55. The van der Waals surface area contributed by atoms with Crippen LogP contribution >= 0.6 is 0 Å². The van der Waals surface area contributed by atoms with Gasteiger partial charge in [-0.05, 0) is 36.3 Å². The van der Waals surface area contributed by atoms with E-state index < -0.39 is 4.92 Å². The molecule has 1 N–H and O–H groups in total. The lowest BCUT2D eigenvalue weighted by Crippen LogP contribution is -2.21. The van der Waals surface area contributed by atoms with E-state index >= 15 is 0 Å². The predicted molar refractivity (Wildman–Crippen MR) is 74.6 cm³/mol. The van der Waals surface area contributed by atoms with Gasteiger partial charge in [0.15, 0.2) is 5.75 Å². The zero-order valence-corrected chi connectivity index (χ0v) is 11.6. The molecule has 1 aromatic carbocycles. The van der Waals surface area contributed by atoms with Gasteiger partial charge in [0, 0.05) is 6.54 Å². The molecule has 1 aliphatic carbocycles. The first kappa shape index (κ1) is 13.6. The summed E-state index contributed by atoms with van der Waals surface area (Å²) in [5, 5.41) is 14.4. The molecule has 0 saturated heterocycles. The topological polar surface area (TPSA) is 64.4 Å². The second-order valence-corrected chi connectivity index (χ2v) is 5.48. The maximum atomic E-state index is 11.2. The number of methoxy groups -OCH3 is 1. The Morgan fingerprint density at radius 3 is 2.63 bits per heavy atom. The van der Waals surface area contributed by atoms with Crippen molar-refractivity contribution in [2.45, 2.75) is 26.7 Å². The van der Waals surface area contributed by atoms with Gasteiger partial charge in [-0.2, -0.15) is 0 Å². The van der Waals surface area contributed by atoms with Crippen molar-refractivity contribution in [2.75, 3.05) is 19.0 Å². The molecular weight excluding hydrogens is 244 g/mol. The van der Waals surface area contributed by atoms with Crippen LogP contribution in [0.4, 0.5) is 11.4 Å². The number of nitrogens with one attached hydrogen (secondary N) is 1. The van der Waals surface area contributed by atoms with Crippen molar-refractivity contribution in [1.29, 1.82) is 0 Å². The van der Waals surface area contributed by atoms with Crippen molar-refractivity contribution < 1.29 is 9.66 Å². The Hall–Kier alpha value is -1.78. The van der Waals surface area contributed by atoms with E-state index in [0.29, 0.717) is 22.8 Å². The number of ether oxygens (including phenoxy) is 1. The first-order chi connectivity index (χ1) is 9.00. The molecule has 0 atom stereocenters. The number of hydrogen-bond donors (Lipinski definition) is 1. The molecule has 0 bridgehead atoms. The molecule has 0 unspecified atom stereocenters. The van der Waals surface area contributed by atoms with Crippen LogP contribution in [0.25, 0.3) is 0 Å². The minimum absolute atomic E-state index is 0.0181. The van der Waals surface area contributed by atoms with Gasteiger partial charge in [-0.15, -0.1) is 0 Å². The molecule has 0 spiro atoms. The van der Waals surface area contributed by atoms with Crippen LogP contribution < -0.4 is 10.1 Å². The molecule has 19 heavy (non-hydrogen) atoms. The smallest absolute Gasteiger partial charge is 0.333 e. The molecule has 1 aliphatic rings. The van der Waals surface area contributed by atoms with E-state index in [-0.39, 0.29) is 5.69 Å². The van der Waals surface area contributed by atoms with Gasteiger partial charge < -0.3 is 10.1 Å². The van der Waals surface area contributed by atoms with E-state index in [1.165, 1.54) is 20.0 Å². The lowest BCUT2D eigenvalue weighted by Gasteiger charge is -2.20. The van der Waals surface area contributed by atoms with Crippen molar-refractivity contribution in [3.8, 4) is 5.75 Å².